The monoisotopic (exact) mass is 300 g/mol. The minimum atomic E-state index is -3.52. The van der Waals surface area contributed by atoms with Crippen molar-refractivity contribution in [1.29, 1.82) is 0 Å². The molecule has 19 heavy (non-hydrogen) atoms. The lowest BCUT2D eigenvalue weighted by Crippen LogP contribution is -2.43. The number of sulfonamides is 1. The predicted molar refractivity (Wildman–Crippen MR) is 80.7 cm³/mol. The number of nitrogens with one attached hydrogen (secondary N) is 1. The molecule has 6 heteroatoms. The Bertz CT molecular complexity index is 531. The van der Waals surface area contributed by atoms with Gasteiger partial charge in [-0.1, -0.05) is 25.0 Å². The second-order valence-electron chi connectivity index (χ2n) is 4.82. The third-order valence-corrected chi connectivity index (χ3v) is 6.25. The van der Waals surface area contributed by atoms with Crippen molar-refractivity contribution < 1.29 is 8.42 Å². The van der Waals surface area contributed by atoms with Crippen LogP contribution in [0.15, 0.2) is 29.2 Å². The summed E-state index contributed by atoms with van der Waals surface area (Å²) in [6.07, 6.45) is 6.26. The van der Waals surface area contributed by atoms with Gasteiger partial charge in [0.15, 0.2) is 0 Å². The Kier molecular flexibility index (Phi) is 4.76. The maximum atomic E-state index is 12.4. The maximum absolute atomic E-state index is 12.4. The SMILES string of the molecule is CSC1CCCCC1NS(=O)(=O)c1ccccc1N. The third-order valence-electron chi connectivity index (χ3n) is 3.52. The molecule has 2 atom stereocenters. The summed E-state index contributed by atoms with van der Waals surface area (Å²) in [5, 5.41) is 0.355. The number of hydrogen-bond acceptors (Lipinski definition) is 4. The number of rotatable bonds is 4. The number of hydrogen-bond donors (Lipinski definition) is 2. The van der Waals surface area contributed by atoms with E-state index in [0.717, 1.165) is 19.3 Å². The first-order chi connectivity index (χ1) is 9.04. The van der Waals surface area contributed by atoms with Gasteiger partial charge in [0.25, 0.3) is 0 Å². The van der Waals surface area contributed by atoms with Crippen LogP contribution in [-0.4, -0.2) is 26.0 Å². The molecule has 106 valence electrons. The quantitative estimate of drug-likeness (QED) is 0.836. The molecule has 1 fully saturated rings. The fourth-order valence-corrected chi connectivity index (χ4v) is 4.97. The van der Waals surface area contributed by atoms with Crippen molar-refractivity contribution in [2.24, 2.45) is 0 Å². The molecule has 2 rings (SSSR count). The van der Waals surface area contributed by atoms with E-state index in [1.165, 1.54) is 6.42 Å². The lowest BCUT2D eigenvalue weighted by Gasteiger charge is -2.30. The van der Waals surface area contributed by atoms with Crippen LogP contribution in [0.2, 0.25) is 0 Å². The molecule has 1 aliphatic carbocycles. The number of anilines is 1. The van der Waals surface area contributed by atoms with E-state index in [0.29, 0.717) is 10.9 Å². The molecule has 4 nitrogen and oxygen atoms in total. The Morgan fingerprint density at radius 1 is 1.26 bits per heavy atom. The molecule has 0 aromatic heterocycles. The molecule has 1 saturated carbocycles. The smallest absolute Gasteiger partial charge is 0.242 e. The predicted octanol–water partition coefficient (Wildman–Crippen LogP) is 2.22. The fourth-order valence-electron chi connectivity index (χ4n) is 2.50. The topological polar surface area (TPSA) is 72.2 Å². The standard InChI is InChI=1S/C13H20N2O2S2/c1-18-12-8-4-3-7-11(12)15-19(16,17)13-9-5-2-6-10(13)14/h2,5-6,9,11-12,15H,3-4,7-8,14H2,1H3. The van der Waals surface area contributed by atoms with Gasteiger partial charge >= 0.3 is 0 Å². The second-order valence-corrected chi connectivity index (χ2v) is 7.58. The van der Waals surface area contributed by atoms with Crippen LogP contribution in [0.3, 0.4) is 0 Å². The van der Waals surface area contributed by atoms with Crippen molar-refractivity contribution in [3.63, 3.8) is 0 Å². The lowest BCUT2D eigenvalue weighted by molar-refractivity contribution is 0.423. The second kappa shape index (κ2) is 6.15. The molecule has 0 spiro atoms. The van der Waals surface area contributed by atoms with Gasteiger partial charge in [-0.3, -0.25) is 0 Å². The summed E-state index contributed by atoms with van der Waals surface area (Å²) in [6.45, 7) is 0. The van der Waals surface area contributed by atoms with E-state index in [9.17, 15) is 8.42 Å². The van der Waals surface area contributed by atoms with Crippen molar-refractivity contribution in [2.75, 3.05) is 12.0 Å². The first kappa shape index (κ1) is 14.7. The zero-order valence-electron chi connectivity index (χ0n) is 11.0. The van der Waals surface area contributed by atoms with Gasteiger partial charge in [0, 0.05) is 11.3 Å². The van der Waals surface area contributed by atoms with Crippen LogP contribution < -0.4 is 10.5 Å². The Morgan fingerprint density at radius 2 is 1.95 bits per heavy atom. The van der Waals surface area contributed by atoms with E-state index in [4.69, 9.17) is 5.73 Å². The summed E-state index contributed by atoms with van der Waals surface area (Å²) in [6, 6.07) is 6.60. The summed E-state index contributed by atoms with van der Waals surface area (Å²) in [5.74, 6) is 0. The summed E-state index contributed by atoms with van der Waals surface area (Å²) in [7, 11) is -3.52. The first-order valence-electron chi connectivity index (χ1n) is 6.44. The van der Waals surface area contributed by atoms with Gasteiger partial charge < -0.3 is 5.73 Å². The first-order valence-corrected chi connectivity index (χ1v) is 9.21. The van der Waals surface area contributed by atoms with Crippen LogP contribution in [-0.2, 0) is 10.0 Å². The van der Waals surface area contributed by atoms with Crippen molar-refractivity contribution in [1.82, 2.24) is 4.72 Å². The Morgan fingerprint density at radius 3 is 2.63 bits per heavy atom. The highest BCUT2D eigenvalue weighted by atomic mass is 32.2. The highest BCUT2D eigenvalue weighted by molar-refractivity contribution is 7.99. The lowest BCUT2D eigenvalue weighted by atomic mass is 9.96. The number of nitrogens with two attached hydrogens (primary N) is 1. The molecule has 0 saturated heterocycles. The van der Waals surface area contributed by atoms with Crippen molar-refractivity contribution >= 4 is 27.5 Å². The zero-order valence-corrected chi connectivity index (χ0v) is 12.6. The van der Waals surface area contributed by atoms with E-state index < -0.39 is 10.0 Å². The molecule has 2 unspecified atom stereocenters. The average Bonchev–Trinajstić information content (AvgIpc) is 2.39. The zero-order chi connectivity index (χ0) is 13.9. The minimum absolute atomic E-state index is 0.00774. The van der Waals surface area contributed by atoms with Gasteiger partial charge in [0.05, 0.1) is 5.69 Å². The molecule has 1 aliphatic rings. The van der Waals surface area contributed by atoms with Crippen LogP contribution in [0.5, 0.6) is 0 Å². The van der Waals surface area contributed by atoms with Gasteiger partial charge in [-0.2, -0.15) is 11.8 Å². The average molecular weight is 300 g/mol. The van der Waals surface area contributed by atoms with Crippen molar-refractivity contribution in [3.05, 3.63) is 24.3 Å². The van der Waals surface area contributed by atoms with Gasteiger partial charge in [-0.15, -0.1) is 0 Å². The van der Waals surface area contributed by atoms with Crippen molar-refractivity contribution in [2.45, 2.75) is 41.9 Å². The number of nitrogen functional groups attached to an aromatic ring is 1. The molecule has 3 N–H and O–H groups in total. The number of thioether (sulfide) groups is 1. The Labute approximate surface area is 119 Å². The Hall–Kier alpha value is -0.720. The van der Waals surface area contributed by atoms with Crippen LogP contribution in [0, 0.1) is 0 Å². The van der Waals surface area contributed by atoms with Crippen LogP contribution in [0.1, 0.15) is 25.7 Å². The van der Waals surface area contributed by atoms with Gasteiger partial charge in [0.2, 0.25) is 10.0 Å². The van der Waals surface area contributed by atoms with Crippen LogP contribution in [0.25, 0.3) is 0 Å². The van der Waals surface area contributed by atoms with Crippen LogP contribution in [0.4, 0.5) is 5.69 Å². The van der Waals surface area contributed by atoms with E-state index >= 15 is 0 Å². The van der Waals surface area contributed by atoms with Gasteiger partial charge in [-0.25, -0.2) is 13.1 Å². The molecular formula is C13H20N2O2S2. The van der Waals surface area contributed by atoms with Crippen LogP contribution >= 0.6 is 11.8 Å². The molecule has 0 aliphatic heterocycles. The van der Waals surface area contributed by atoms with E-state index in [1.54, 1.807) is 36.0 Å². The molecule has 0 radical (unpaired) electrons. The molecule has 0 amide bonds. The summed E-state index contributed by atoms with van der Waals surface area (Å²) in [4.78, 5) is 0.181. The minimum Gasteiger partial charge on any atom is -0.398 e. The molecular weight excluding hydrogens is 280 g/mol. The normalized spacial score (nSPS) is 24.3. The van der Waals surface area contributed by atoms with E-state index in [2.05, 4.69) is 4.72 Å². The number of benzene rings is 1. The largest absolute Gasteiger partial charge is 0.398 e. The maximum Gasteiger partial charge on any atom is 0.242 e. The van der Waals surface area contributed by atoms with Crippen molar-refractivity contribution in [3.8, 4) is 0 Å². The summed E-state index contributed by atoms with van der Waals surface area (Å²) >= 11 is 1.74. The summed E-state index contributed by atoms with van der Waals surface area (Å²) in [5.41, 5.74) is 6.05. The van der Waals surface area contributed by atoms with E-state index in [1.807, 2.05) is 6.26 Å². The molecule has 0 bridgehead atoms. The molecule has 1 aromatic rings. The fraction of sp³-hybridized carbons (Fsp3) is 0.538. The highest BCUT2D eigenvalue weighted by Crippen LogP contribution is 2.29. The molecule has 0 heterocycles. The van der Waals surface area contributed by atoms with Gasteiger partial charge in [-0.05, 0) is 31.2 Å². The molecule has 1 aromatic carbocycles. The van der Waals surface area contributed by atoms with E-state index in [-0.39, 0.29) is 10.9 Å². The third kappa shape index (κ3) is 3.43. The highest BCUT2D eigenvalue weighted by Gasteiger charge is 2.29. The van der Waals surface area contributed by atoms with Gasteiger partial charge in [0.1, 0.15) is 4.90 Å². The number of para-hydroxylation sites is 1. The summed E-state index contributed by atoms with van der Waals surface area (Å²) < 4.78 is 27.6. The Balaban J connectivity index is 2.19.